The highest BCUT2D eigenvalue weighted by atomic mass is 32.2. The molecule has 5 rings (SSSR count). The van der Waals surface area contributed by atoms with Crippen LogP contribution in [-0.2, 0) is 10.0 Å². The third-order valence-corrected chi connectivity index (χ3v) is 6.62. The highest BCUT2D eigenvalue weighted by Crippen LogP contribution is 2.30. The molecule has 0 aliphatic heterocycles. The standard InChI is InChI=1S/C23H12F4N4O4S/c24-12-1-2-15(25)19(6-12)36(33,34)31-17-4-3-16(26)20(21(17)27)22(32)14-8-30-23-13(14)5-11(7-29-23)18-9-28-10-35-18/h1-10,31H,(H,29,30). The van der Waals surface area contributed by atoms with Crippen LogP contribution in [0.3, 0.4) is 0 Å². The van der Waals surface area contributed by atoms with Crippen molar-refractivity contribution in [1.29, 1.82) is 0 Å². The fourth-order valence-electron chi connectivity index (χ4n) is 3.54. The van der Waals surface area contributed by atoms with E-state index >= 15 is 4.39 Å². The summed E-state index contributed by atoms with van der Waals surface area (Å²) in [6, 6.07) is 4.57. The lowest BCUT2D eigenvalue weighted by molar-refractivity contribution is 0.103. The maximum absolute atomic E-state index is 15.3. The molecule has 0 atom stereocenters. The summed E-state index contributed by atoms with van der Waals surface area (Å²) in [4.78, 5) is 22.8. The number of aromatic nitrogens is 3. The number of aromatic amines is 1. The molecule has 3 heterocycles. The van der Waals surface area contributed by atoms with Gasteiger partial charge in [-0.1, -0.05) is 0 Å². The summed E-state index contributed by atoms with van der Waals surface area (Å²) in [5.74, 6) is -5.95. The van der Waals surface area contributed by atoms with E-state index in [0.29, 0.717) is 35.6 Å². The molecule has 0 aliphatic carbocycles. The fraction of sp³-hybridized carbons (Fsp3) is 0. The molecule has 0 radical (unpaired) electrons. The molecule has 5 aromatic rings. The minimum atomic E-state index is -4.83. The summed E-state index contributed by atoms with van der Waals surface area (Å²) >= 11 is 0. The van der Waals surface area contributed by atoms with Crippen molar-refractivity contribution in [2.24, 2.45) is 0 Å². The van der Waals surface area contributed by atoms with Crippen LogP contribution in [0.1, 0.15) is 15.9 Å². The Balaban J connectivity index is 1.56. The Bertz CT molecular complexity index is 1750. The van der Waals surface area contributed by atoms with Gasteiger partial charge >= 0.3 is 0 Å². The molecule has 0 fully saturated rings. The molecule has 36 heavy (non-hydrogen) atoms. The molecule has 13 heteroatoms. The van der Waals surface area contributed by atoms with Gasteiger partial charge < -0.3 is 9.40 Å². The van der Waals surface area contributed by atoms with Crippen molar-refractivity contribution in [3.8, 4) is 11.3 Å². The quantitative estimate of drug-likeness (QED) is 0.247. The average Bonchev–Trinajstić information content (AvgIpc) is 3.52. The molecule has 182 valence electrons. The van der Waals surface area contributed by atoms with Crippen LogP contribution in [-0.4, -0.2) is 29.2 Å². The Morgan fingerprint density at radius 3 is 2.53 bits per heavy atom. The van der Waals surface area contributed by atoms with Gasteiger partial charge in [0.05, 0.1) is 17.4 Å². The molecule has 0 saturated heterocycles. The maximum atomic E-state index is 15.3. The minimum absolute atomic E-state index is 0.159. The number of fused-ring (bicyclic) bond motifs is 1. The number of oxazole rings is 1. The number of ketones is 1. The first kappa shape index (κ1) is 23.2. The number of H-pyrrole nitrogens is 1. The zero-order valence-corrected chi connectivity index (χ0v) is 18.5. The van der Waals surface area contributed by atoms with E-state index < -0.39 is 55.2 Å². The number of benzene rings is 2. The molecule has 2 N–H and O–H groups in total. The summed E-state index contributed by atoms with van der Waals surface area (Å²) in [5.41, 5.74) is -1.40. The zero-order valence-electron chi connectivity index (χ0n) is 17.7. The highest BCUT2D eigenvalue weighted by Gasteiger charge is 2.27. The molecule has 0 saturated carbocycles. The number of carbonyl (C=O) groups excluding carboxylic acids is 1. The van der Waals surface area contributed by atoms with Crippen molar-refractivity contribution >= 4 is 32.5 Å². The van der Waals surface area contributed by atoms with E-state index in [4.69, 9.17) is 4.42 Å². The average molecular weight is 516 g/mol. The molecule has 0 spiro atoms. The van der Waals surface area contributed by atoms with Gasteiger partial charge in [-0.15, -0.1) is 0 Å². The van der Waals surface area contributed by atoms with Gasteiger partial charge in [-0.3, -0.25) is 9.52 Å². The lowest BCUT2D eigenvalue weighted by atomic mass is 10.0. The number of halogens is 4. The Hall–Kier alpha value is -4.52. The second-order valence-corrected chi connectivity index (χ2v) is 9.13. The van der Waals surface area contributed by atoms with Crippen molar-refractivity contribution < 1.29 is 35.2 Å². The first-order valence-corrected chi connectivity index (χ1v) is 11.5. The lowest BCUT2D eigenvalue weighted by Gasteiger charge is -2.12. The fourth-order valence-corrected chi connectivity index (χ4v) is 4.69. The van der Waals surface area contributed by atoms with Gasteiger partial charge in [0.2, 0.25) is 5.78 Å². The first-order valence-electron chi connectivity index (χ1n) is 10.0. The Kier molecular flexibility index (Phi) is 5.55. The second-order valence-electron chi connectivity index (χ2n) is 7.48. The molecule has 0 bridgehead atoms. The molecule has 2 aromatic carbocycles. The summed E-state index contributed by atoms with van der Waals surface area (Å²) in [6.07, 6.45) is 5.24. The number of sulfonamides is 1. The number of pyridine rings is 1. The molecular weight excluding hydrogens is 504 g/mol. The van der Waals surface area contributed by atoms with E-state index in [1.54, 1.807) is 4.72 Å². The van der Waals surface area contributed by atoms with E-state index in [9.17, 15) is 26.4 Å². The summed E-state index contributed by atoms with van der Waals surface area (Å²) in [5, 5.41) is 0.209. The highest BCUT2D eigenvalue weighted by molar-refractivity contribution is 7.92. The molecule has 0 unspecified atom stereocenters. The van der Waals surface area contributed by atoms with Crippen molar-refractivity contribution in [3.05, 3.63) is 95.8 Å². The number of carbonyl (C=O) groups is 1. The predicted octanol–water partition coefficient (Wildman–Crippen LogP) is 4.81. The van der Waals surface area contributed by atoms with Gasteiger partial charge in [0.15, 0.2) is 18.0 Å². The maximum Gasteiger partial charge on any atom is 0.265 e. The zero-order chi connectivity index (χ0) is 25.6. The van der Waals surface area contributed by atoms with Crippen molar-refractivity contribution in [2.45, 2.75) is 4.90 Å². The molecule has 0 aliphatic rings. The minimum Gasteiger partial charge on any atom is -0.443 e. The van der Waals surface area contributed by atoms with E-state index in [0.717, 1.165) is 6.07 Å². The first-order chi connectivity index (χ1) is 17.2. The van der Waals surface area contributed by atoms with Crippen LogP contribution in [0.25, 0.3) is 22.4 Å². The van der Waals surface area contributed by atoms with Crippen LogP contribution in [0.5, 0.6) is 0 Å². The Morgan fingerprint density at radius 2 is 1.78 bits per heavy atom. The van der Waals surface area contributed by atoms with E-state index in [2.05, 4.69) is 15.0 Å². The molecule has 8 nitrogen and oxygen atoms in total. The van der Waals surface area contributed by atoms with Crippen molar-refractivity contribution in [1.82, 2.24) is 15.0 Å². The number of anilines is 1. The third kappa shape index (κ3) is 3.98. The van der Waals surface area contributed by atoms with Crippen LogP contribution in [0, 0.1) is 23.3 Å². The Labute approximate surface area is 199 Å². The number of nitrogens with zero attached hydrogens (tertiary/aromatic N) is 2. The normalized spacial score (nSPS) is 11.7. The van der Waals surface area contributed by atoms with Gasteiger partial charge in [-0.05, 0) is 36.4 Å². The lowest BCUT2D eigenvalue weighted by Crippen LogP contribution is -2.17. The number of nitrogens with one attached hydrogen (secondary N) is 2. The van der Waals surface area contributed by atoms with Gasteiger partial charge in [-0.2, -0.15) is 0 Å². The van der Waals surface area contributed by atoms with Gasteiger partial charge in [-0.25, -0.2) is 35.9 Å². The van der Waals surface area contributed by atoms with E-state index in [1.807, 2.05) is 0 Å². The van der Waals surface area contributed by atoms with E-state index in [1.165, 1.54) is 31.1 Å². The number of rotatable bonds is 6. The van der Waals surface area contributed by atoms with Crippen LogP contribution < -0.4 is 4.72 Å². The van der Waals surface area contributed by atoms with Crippen LogP contribution in [0.15, 0.2) is 70.7 Å². The SMILES string of the molecule is O=C(c1c(F)ccc(NS(=O)(=O)c2cc(F)ccc2F)c1F)c1c[nH]c2ncc(-c3cnco3)cc12. The number of hydrogen-bond acceptors (Lipinski definition) is 6. The molecule has 3 aromatic heterocycles. The topological polar surface area (TPSA) is 118 Å². The summed E-state index contributed by atoms with van der Waals surface area (Å²) < 4.78 is 89.5. The third-order valence-electron chi connectivity index (χ3n) is 5.24. The number of hydrogen-bond donors (Lipinski definition) is 2. The summed E-state index contributed by atoms with van der Waals surface area (Å²) in [7, 11) is -4.83. The van der Waals surface area contributed by atoms with Crippen LogP contribution in [0.2, 0.25) is 0 Å². The van der Waals surface area contributed by atoms with Gasteiger partial charge in [0.1, 0.15) is 28.0 Å². The smallest absolute Gasteiger partial charge is 0.265 e. The second kappa shape index (κ2) is 8.61. The van der Waals surface area contributed by atoms with Gasteiger partial charge in [0.25, 0.3) is 10.0 Å². The van der Waals surface area contributed by atoms with E-state index in [-0.39, 0.29) is 16.6 Å². The largest absolute Gasteiger partial charge is 0.443 e. The van der Waals surface area contributed by atoms with Crippen molar-refractivity contribution in [3.63, 3.8) is 0 Å². The monoisotopic (exact) mass is 516 g/mol. The van der Waals surface area contributed by atoms with Gasteiger partial charge in [0, 0.05) is 28.9 Å². The Morgan fingerprint density at radius 1 is 1.00 bits per heavy atom. The molecular formula is C23H12F4N4O4S. The summed E-state index contributed by atoms with van der Waals surface area (Å²) in [6.45, 7) is 0. The van der Waals surface area contributed by atoms with Crippen LogP contribution >= 0.6 is 0 Å². The van der Waals surface area contributed by atoms with Crippen molar-refractivity contribution in [2.75, 3.05) is 4.72 Å². The molecule has 0 amide bonds. The van der Waals surface area contributed by atoms with Crippen LogP contribution in [0.4, 0.5) is 23.2 Å². The predicted molar refractivity (Wildman–Crippen MR) is 119 cm³/mol.